The molecule has 0 spiro atoms. The third-order valence-corrected chi connectivity index (χ3v) is 3.27. The lowest BCUT2D eigenvalue weighted by molar-refractivity contribution is 0.110. The summed E-state index contributed by atoms with van der Waals surface area (Å²) >= 11 is 0. The van der Waals surface area contributed by atoms with Gasteiger partial charge >= 0.3 is 0 Å². The molecule has 1 aliphatic carbocycles. The number of hydrogen-bond donors (Lipinski definition) is 0. The van der Waals surface area contributed by atoms with E-state index in [2.05, 4.69) is 46.8 Å². The number of allylic oxidation sites excluding steroid dienone is 2. The summed E-state index contributed by atoms with van der Waals surface area (Å²) in [6.07, 6.45) is 5.99. The van der Waals surface area contributed by atoms with Crippen LogP contribution < -0.4 is 0 Å². The van der Waals surface area contributed by atoms with E-state index in [1.54, 1.807) is 0 Å². The molecule has 0 heteroatoms. The van der Waals surface area contributed by atoms with E-state index < -0.39 is 0 Å². The van der Waals surface area contributed by atoms with Crippen molar-refractivity contribution >= 4 is 0 Å². The highest BCUT2D eigenvalue weighted by atomic mass is 14.4. The summed E-state index contributed by atoms with van der Waals surface area (Å²) in [5.74, 6) is 2.41. The van der Waals surface area contributed by atoms with Crippen molar-refractivity contribution in [3.05, 3.63) is 12.2 Å². The maximum atomic E-state index is 2.40. The topological polar surface area (TPSA) is 0 Å². The molecule has 0 nitrogen and oxygen atoms in total. The summed E-state index contributed by atoms with van der Waals surface area (Å²) in [7, 11) is 0. The molecule has 0 fully saturated rings. The van der Waals surface area contributed by atoms with E-state index in [9.17, 15) is 0 Å². The van der Waals surface area contributed by atoms with Crippen LogP contribution >= 0.6 is 0 Å². The Balaban J connectivity index is 2.85. The largest absolute Gasteiger partial charge is 0.0877 e. The maximum Gasteiger partial charge on any atom is -0.0226 e. The Morgan fingerprint density at radius 1 is 1.33 bits per heavy atom. The van der Waals surface area contributed by atoms with Crippen molar-refractivity contribution in [2.75, 3.05) is 0 Å². The van der Waals surface area contributed by atoms with Gasteiger partial charge < -0.3 is 0 Å². The first-order valence-electron chi connectivity index (χ1n) is 5.12. The van der Waals surface area contributed by atoms with Gasteiger partial charge in [0.25, 0.3) is 0 Å². The van der Waals surface area contributed by atoms with E-state index >= 15 is 0 Å². The van der Waals surface area contributed by atoms with E-state index in [1.807, 2.05) is 0 Å². The Labute approximate surface area is 77.1 Å². The van der Waals surface area contributed by atoms with Crippen molar-refractivity contribution in [3.8, 4) is 0 Å². The average molecular weight is 166 g/mol. The SMILES string of the molecule is CC(C)C1C(C)C=CCC1(C)C. The van der Waals surface area contributed by atoms with Crippen LogP contribution in [0, 0.1) is 23.2 Å². The lowest BCUT2D eigenvalue weighted by Crippen LogP contribution is -2.34. The zero-order valence-electron chi connectivity index (χ0n) is 9.09. The Morgan fingerprint density at radius 2 is 1.92 bits per heavy atom. The van der Waals surface area contributed by atoms with Gasteiger partial charge in [-0.3, -0.25) is 0 Å². The molecule has 2 atom stereocenters. The van der Waals surface area contributed by atoms with Crippen LogP contribution in [0.3, 0.4) is 0 Å². The fourth-order valence-corrected chi connectivity index (χ4v) is 3.06. The molecule has 0 radical (unpaired) electrons. The van der Waals surface area contributed by atoms with Gasteiger partial charge in [0.05, 0.1) is 0 Å². The molecule has 1 rings (SSSR count). The lowest BCUT2D eigenvalue weighted by Gasteiger charge is -2.42. The van der Waals surface area contributed by atoms with Crippen LogP contribution in [0.4, 0.5) is 0 Å². The van der Waals surface area contributed by atoms with Gasteiger partial charge in [-0.1, -0.05) is 46.8 Å². The van der Waals surface area contributed by atoms with Crippen LogP contribution in [0.25, 0.3) is 0 Å². The summed E-state index contributed by atoms with van der Waals surface area (Å²) in [6, 6.07) is 0. The smallest absolute Gasteiger partial charge is 0.0226 e. The molecule has 12 heavy (non-hydrogen) atoms. The molecule has 70 valence electrons. The summed E-state index contributed by atoms with van der Waals surface area (Å²) < 4.78 is 0. The summed E-state index contributed by atoms with van der Waals surface area (Å²) in [6.45, 7) is 11.8. The average Bonchev–Trinajstić information content (AvgIpc) is 1.82. The van der Waals surface area contributed by atoms with Crippen LogP contribution in [-0.4, -0.2) is 0 Å². The van der Waals surface area contributed by atoms with Gasteiger partial charge in [-0.15, -0.1) is 0 Å². The van der Waals surface area contributed by atoms with E-state index in [4.69, 9.17) is 0 Å². The van der Waals surface area contributed by atoms with Gasteiger partial charge in [-0.2, -0.15) is 0 Å². The fraction of sp³-hybridized carbons (Fsp3) is 0.833. The summed E-state index contributed by atoms with van der Waals surface area (Å²) in [4.78, 5) is 0. The lowest BCUT2D eigenvalue weighted by atomic mass is 9.63. The van der Waals surface area contributed by atoms with Crippen molar-refractivity contribution in [1.29, 1.82) is 0 Å². The number of rotatable bonds is 1. The first kappa shape index (κ1) is 9.83. The minimum absolute atomic E-state index is 0.502. The quantitative estimate of drug-likeness (QED) is 0.519. The third-order valence-electron chi connectivity index (χ3n) is 3.27. The normalized spacial score (nSPS) is 34.2. The van der Waals surface area contributed by atoms with Crippen LogP contribution in [0.2, 0.25) is 0 Å². The summed E-state index contributed by atoms with van der Waals surface area (Å²) in [5.41, 5.74) is 0.502. The predicted octanol–water partition coefficient (Wildman–Crippen LogP) is 3.88. The highest BCUT2D eigenvalue weighted by Crippen LogP contribution is 2.44. The van der Waals surface area contributed by atoms with Crippen molar-refractivity contribution in [3.63, 3.8) is 0 Å². The van der Waals surface area contributed by atoms with E-state index in [0.29, 0.717) is 5.41 Å². The van der Waals surface area contributed by atoms with Gasteiger partial charge in [0, 0.05) is 0 Å². The third kappa shape index (κ3) is 1.73. The van der Waals surface area contributed by atoms with Crippen molar-refractivity contribution in [2.24, 2.45) is 23.2 Å². The van der Waals surface area contributed by atoms with Gasteiger partial charge in [0.1, 0.15) is 0 Å². The predicted molar refractivity (Wildman–Crippen MR) is 55.0 cm³/mol. The van der Waals surface area contributed by atoms with Crippen molar-refractivity contribution in [1.82, 2.24) is 0 Å². The zero-order valence-corrected chi connectivity index (χ0v) is 9.09. The second-order valence-corrected chi connectivity index (χ2v) is 5.25. The van der Waals surface area contributed by atoms with Gasteiger partial charge in [-0.25, -0.2) is 0 Å². The maximum absolute atomic E-state index is 2.40. The zero-order chi connectivity index (χ0) is 9.35. The molecule has 0 heterocycles. The standard InChI is InChI=1S/C12H22/c1-9(2)11-10(3)7-6-8-12(11,4)5/h6-7,9-11H,8H2,1-5H3. The molecule has 0 N–H and O–H groups in total. The Kier molecular flexibility index (Phi) is 2.65. The van der Waals surface area contributed by atoms with Crippen LogP contribution in [0.5, 0.6) is 0 Å². The molecule has 0 saturated carbocycles. The second-order valence-electron chi connectivity index (χ2n) is 5.25. The first-order chi connectivity index (χ1) is 5.45. The molecular formula is C12H22. The first-order valence-corrected chi connectivity index (χ1v) is 5.12. The molecule has 1 aliphatic rings. The van der Waals surface area contributed by atoms with E-state index in [-0.39, 0.29) is 0 Å². The van der Waals surface area contributed by atoms with E-state index in [1.165, 1.54) is 6.42 Å². The second kappa shape index (κ2) is 3.24. The van der Waals surface area contributed by atoms with Crippen LogP contribution in [-0.2, 0) is 0 Å². The molecule has 0 amide bonds. The van der Waals surface area contributed by atoms with Crippen molar-refractivity contribution in [2.45, 2.75) is 41.0 Å². The minimum Gasteiger partial charge on any atom is -0.0877 e. The van der Waals surface area contributed by atoms with Crippen LogP contribution in [0.1, 0.15) is 41.0 Å². The fourth-order valence-electron chi connectivity index (χ4n) is 3.06. The minimum atomic E-state index is 0.502. The molecule has 0 saturated heterocycles. The van der Waals surface area contributed by atoms with E-state index in [0.717, 1.165) is 17.8 Å². The molecular weight excluding hydrogens is 144 g/mol. The Morgan fingerprint density at radius 3 is 2.25 bits per heavy atom. The highest BCUT2D eigenvalue weighted by molar-refractivity contribution is 5.03. The Hall–Kier alpha value is -0.260. The van der Waals surface area contributed by atoms with Gasteiger partial charge in [-0.05, 0) is 29.6 Å². The van der Waals surface area contributed by atoms with Gasteiger partial charge in [0.2, 0.25) is 0 Å². The monoisotopic (exact) mass is 166 g/mol. The molecule has 0 aliphatic heterocycles. The molecule has 0 aromatic rings. The highest BCUT2D eigenvalue weighted by Gasteiger charge is 2.35. The van der Waals surface area contributed by atoms with Gasteiger partial charge in [0.15, 0.2) is 0 Å². The number of hydrogen-bond acceptors (Lipinski definition) is 0. The molecule has 0 aromatic carbocycles. The van der Waals surface area contributed by atoms with Crippen LogP contribution in [0.15, 0.2) is 12.2 Å². The van der Waals surface area contributed by atoms with Crippen molar-refractivity contribution < 1.29 is 0 Å². The Bertz CT molecular complexity index is 174. The summed E-state index contributed by atoms with van der Waals surface area (Å²) in [5, 5.41) is 0. The molecule has 0 bridgehead atoms. The molecule has 0 aromatic heterocycles. The molecule has 2 unspecified atom stereocenters.